The van der Waals surface area contributed by atoms with Crippen LogP contribution in [-0.2, 0) is 16.1 Å². The number of piperidine rings is 1. The van der Waals surface area contributed by atoms with Crippen molar-refractivity contribution in [3.8, 4) is 0 Å². The third-order valence-electron chi connectivity index (χ3n) is 5.46. The summed E-state index contributed by atoms with van der Waals surface area (Å²) in [4.78, 5) is 30.4. The lowest BCUT2D eigenvalue weighted by Gasteiger charge is -2.32. The molecule has 7 nitrogen and oxygen atoms in total. The number of benzene rings is 1. The summed E-state index contributed by atoms with van der Waals surface area (Å²) < 4.78 is 0. The van der Waals surface area contributed by atoms with Crippen molar-refractivity contribution < 1.29 is 9.59 Å². The summed E-state index contributed by atoms with van der Waals surface area (Å²) in [6.45, 7) is 2.96. The van der Waals surface area contributed by atoms with E-state index < -0.39 is 0 Å². The molecule has 8 heteroatoms. The number of carbonyl (C=O) groups excluding carboxylic acids is 2. The molecule has 0 spiro atoms. The highest BCUT2D eigenvalue weighted by Crippen LogP contribution is 2.32. The molecule has 2 fully saturated rings. The van der Waals surface area contributed by atoms with Gasteiger partial charge in [-0.1, -0.05) is 41.7 Å². The van der Waals surface area contributed by atoms with Crippen molar-refractivity contribution in [2.75, 3.05) is 36.5 Å². The third kappa shape index (κ3) is 4.01. The predicted octanol–water partition coefficient (Wildman–Crippen LogP) is 2.54. The number of nitrogens with zero attached hydrogens (tertiary/aromatic N) is 5. The molecule has 0 radical (unpaired) electrons. The first-order valence-electron chi connectivity index (χ1n) is 9.79. The van der Waals surface area contributed by atoms with Gasteiger partial charge in [0.2, 0.25) is 22.1 Å². The zero-order chi connectivity index (χ0) is 19.5. The maximum Gasteiger partial charge on any atom is 0.228 e. The molecule has 2 amide bonds. The standard InChI is InChI=1S/C20H25N5O2S/c1-23(14-15-6-3-2-4-7-15)18(27)16-9-12-24(13-10-16)19-21-22-20(28-19)25-11-5-8-17(25)26/h2-4,6-7,16H,5,8-14H2,1H3. The van der Waals surface area contributed by atoms with Gasteiger partial charge in [-0.25, -0.2) is 0 Å². The SMILES string of the molecule is CN(Cc1ccccc1)C(=O)C1CCN(c2nnc(N3CCCC3=O)s2)CC1. The third-order valence-corrected chi connectivity index (χ3v) is 6.47. The van der Waals surface area contributed by atoms with E-state index in [0.717, 1.165) is 49.6 Å². The van der Waals surface area contributed by atoms with E-state index in [9.17, 15) is 9.59 Å². The maximum atomic E-state index is 12.8. The monoisotopic (exact) mass is 399 g/mol. The van der Waals surface area contributed by atoms with E-state index in [0.29, 0.717) is 18.1 Å². The van der Waals surface area contributed by atoms with Gasteiger partial charge in [-0.3, -0.25) is 14.5 Å². The van der Waals surface area contributed by atoms with Crippen LogP contribution in [0.2, 0.25) is 0 Å². The minimum atomic E-state index is 0.0533. The van der Waals surface area contributed by atoms with Crippen molar-refractivity contribution in [2.45, 2.75) is 32.2 Å². The first kappa shape index (κ1) is 18.9. The van der Waals surface area contributed by atoms with Gasteiger partial charge in [-0.15, -0.1) is 10.2 Å². The van der Waals surface area contributed by atoms with Crippen LogP contribution in [0.4, 0.5) is 10.3 Å². The maximum absolute atomic E-state index is 12.8. The van der Waals surface area contributed by atoms with Crippen LogP contribution in [0.25, 0.3) is 0 Å². The fraction of sp³-hybridized carbons (Fsp3) is 0.500. The Labute approximate surface area is 169 Å². The highest BCUT2D eigenvalue weighted by atomic mass is 32.1. The second-order valence-electron chi connectivity index (χ2n) is 7.46. The molecule has 0 atom stereocenters. The lowest BCUT2D eigenvalue weighted by molar-refractivity contribution is -0.135. The van der Waals surface area contributed by atoms with Crippen LogP contribution >= 0.6 is 11.3 Å². The normalized spacial score (nSPS) is 18.0. The summed E-state index contributed by atoms with van der Waals surface area (Å²) in [5.74, 6) is 0.398. The lowest BCUT2D eigenvalue weighted by atomic mass is 9.95. The van der Waals surface area contributed by atoms with Gasteiger partial charge >= 0.3 is 0 Å². The summed E-state index contributed by atoms with van der Waals surface area (Å²) in [5.41, 5.74) is 1.15. The van der Waals surface area contributed by atoms with Crippen molar-refractivity contribution in [1.29, 1.82) is 0 Å². The molecule has 0 N–H and O–H groups in total. The van der Waals surface area contributed by atoms with Crippen molar-refractivity contribution in [2.24, 2.45) is 5.92 Å². The van der Waals surface area contributed by atoms with Gasteiger partial charge in [0.05, 0.1) is 0 Å². The van der Waals surface area contributed by atoms with Crippen LogP contribution in [0, 0.1) is 5.92 Å². The number of carbonyl (C=O) groups is 2. The van der Waals surface area contributed by atoms with E-state index in [4.69, 9.17) is 0 Å². The molecule has 2 aliphatic heterocycles. The van der Waals surface area contributed by atoms with E-state index in [1.54, 1.807) is 4.90 Å². The number of anilines is 2. The van der Waals surface area contributed by atoms with Crippen molar-refractivity contribution in [3.05, 3.63) is 35.9 Å². The second-order valence-corrected chi connectivity index (χ2v) is 8.39. The van der Waals surface area contributed by atoms with E-state index in [2.05, 4.69) is 15.1 Å². The Morgan fingerprint density at radius 3 is 2.54 bits per heavy atom. The molecular weight excluding hydrogens is 374 g/mol. The molecule has 2 saturated heterocycles. The van der Waals surface area contributed by atoms with E-state index in [-0.39, 0.29) is 17.7 Å². The zero-order valence-corrected chi connectivity index (χ0v) is 16.9. The molecule has 2 aliphatic rings. The van der Waals surface area contributed by atoms with Crippen LogP contribution in [0.1, 0.15) is 31.2 Å². The van der Waals surface area contributed by atoms with Crippen LogP contribution in [0.15, 0.2) is 30.3 Å². The average molecular weight is 400 g/mol. The number of rotatable bonds is 5. The van der Waals surface area contributed by atoms with E-state index in [1.807, 2.05) is 42.3 Å². The number of hydrogen-bond acceptors (Lipinski definition) is 6. The number of amides is 2. The summed E-state index contributed by atoms with van der Waals surface area (Å²) in [7, 11) is 1.88. The van der Waals surface area contributed by atoms with E-state index in [1.165, 1.54) is 11.3 Å². The number of aromatic nitrogens is 2. The van der Waals surface area contributed by atoms with Gasteiger partial charge < -0.3 is 9.80 Å². The molecule has 3 heterocycles. The smallest absolute Gasteiger partial charge is 0.228 e. The molecule has 28 heavy (non-hydrogen) atoms. The zero-order valence-electron chi connectivity index (χ0n) is 16.1. The van der Waals surface area contributed by atoms with Crippen molar-refractivity contribution in [3.63, 3.8) is 0 Å². The summed E-state index contributed by atoms with van der Waals surface area (Å²) in [5, 5.41) is 10.0. The molecule has 0 unspecified atom stereocenters. The Hall–Kier alpha value is -2.48. The van der Waals surface area contributed by atoms with Crippen molar-refractivity contribution in [1.82, 2.24) is 15.1 Å². The Kier molecular flexibility index (Phi) is 5.57. The molecule has 148 valence electrons. The Balaban J connectivity index is 1.31. The Bertz CT molecular complexity index is 832. The predicted molar refractivity (Wildman–Crippen MR) is 109 cm³/mol. The quantitative estimate of drug-likeness (QED) is 0.773. The Morgan fingerprint density at radius 2 is 1.86 bits per heavy atom. The molecule has 2 aromatic rings. The van der Waals surface area contributed by atoms with E-state index >= 15 is 0 Å². The lowest BCUT2D eigenvalue weighted by Crippen LogP contribution is -2.41. The van der Waals surface area contributed by atoms with Gasteiger partial charge in [0.15, 0.2) is 0 Å². The molecule has 4 rings (SSSR count). The molecule has 0 saturated carbocycles. The van der Waals surface area contributed by atoms with Gasteiger partial charge in [0.25, 0.3) is 0 Å². The Morgan fingerprint density at radius 1 is 1.14 bits per heavy atom. The second kappa shape index (κ2) is 8.26. The van der Waals surface area contributed by atoms with Gasteiger partial charge in [-0.2, -0.15) is 0 Å². The minimum absolute atomic E-state index is 0.0533. The molecule has 0 aliphatic carbocycles. The molecular formula is C20H25N5O2S. The largest absolute Gasteiger partial charge is 0.347 e. The molecule has 1 aromatic carbocycles. The summed E-state index contributed by atoms with van der Waals surface area (Å²) in [6.07, 6.45) is 3.11. The van der Waals surface area contributed by atoms with Crippen LogP contribution in [0.5, 0.6) is 0 Å². The van der Waals surface area contributed by atoms with Crippen molar-refractivity contribution >= 4 is 33.4 Å². The fourth-order valence-corrected chi connectivity index (χ4v) is 4.80. The summed E-state index contributed by atoms with van der Waals surface area (Å²) in [6, 6.07) is 10.1. The number of hydrogen-bond donors (Lipinski definition) is 0. The molecule has 1 aromatic heterocycles. The highest BCUT2D eigenvalue weighted by molar-refractivity contribution is 7.19. The first-order valence-corrected chi connectivity index (χ1v) is 10.6. The van der Waals surface area contributed by atoms with Crippen LogP contribution < -0.4 is 9.80 Å². The average Bonchev–Trinajstić information content (AvgIpc) is 3.37. The minimum Gasteiger partial charge on any atom is -0.347 e. The first-order chi connectivity index (χ1) is 13.6. The topological polar surface area (TPSA) is 69.6 Å². The van der Waals surface area contributed by atoms with Gasteiger partial charge in [0.1, 0.15) is 0 Å². The van der Waals surface area contributed by atoms with Gasteiger partial charge in [0, 0.05) is 45.6 Å². The summed E-state index contributed by atoms with van der Waals surface area (Å²) >= 11 is 1.47. The molecule has 0 bridgehead atoms. The highest BCUT2D eigenvalue weighted by Gasteiger charge is 2.30. The fourth-order valence-electron chi connectivity index (χ4n) is 3.86. The van der Waals surface area contributed by atoms with Crippen LogP contribution in [-0.4, -0.2) is 53.6 Å². The van der Waals surface area contributed by atoms with Gasteiger partial charge in [-0.05, 0) is 24.8 Å². The van der Waals surface area contributed by atoms with Crippen LogP contribution in [0.3, 0.4) is 0 Å².